The van der Waals surface area contributed by atoms with Crippen molar-refractivity contribution >= 4 is 11.9 Å². The molecule has 0 spiro atoms. The topological polar surface area (TPSA) is 79.3 Å². The number of amides is 1. The molecule has 2 aromatic rings. The zero-order valence-electron chi connectivity index (χ0n) is 12.8. The second kappa shape index (κ2) is 6.20. The van der Waals surface area contributed by atoms with Crippen LogP contribution in [0.25, 0.3) is 0 Å². The van der Waals surface area contributed by atoms with E-state index in [-0.39, 0.29) is 17.7 Å². The van der Waals surface area contributed by atoms with Crippen LogP contribution in [0.3, 0.4) is 0 Å². The number of nitrogens with one attached hydrogen (secondary N) is 1. The van der Waals surface area contributed by atoms with Gasteiger partial charge in [0.25, 0.3) is 5.91 Å². The number of carbonyl (C=O) groups excluding carboxylic acids is 1. The van der Waals surface area contributed by atoms with Crippen LogP contribution in [-0.2, 0) is 11.3 Å². The summed E-state index contributed by atoms with van der Waals surface area (Å²) in [7, 11) is 0. The summed E-state index contributed by atoms with van der Waals surface area (Å²) in [5.74, 6) is -1.10. The molecule has 0 radical (unpaired) electrons. The van der Waals surface area contributed by atoms with Crippen LogP contribution in [0.5, 0.6) is 0 Å². The maximum Gasteiger partial charge on any atom is 0.307 e. The number of benzene rings is 1. The quantitative estimate of drug-likeness (QED) is 0.889. The van der Waals surface area contributed by atoms with Gasteiger partial charge in [-0.25, -0.2) is 0 Å². The molecule has 2 N–H and O–H groups in total. The van der Waals surface area contributed by atoms with Gasteiger partial charge in [-0.3, -0.25) is 14.6 Å². The van der Waals surface area contributed by atoms with Gasteiger partial charge in [-0.2, -0.15) is 0 Å². The standard InChI is InChI=1S/C18H18N2O3/c1-11-8-12(5-6-14(11)15-9-16(15)18(22)23)17(21)20-10-13-4-2-3-7-19-13/h2-8,15-16H,9-10H2,1H3,(H,20,21)(H,22,23)/t15-,16+/m0/s1. The first-order chi connectivity index (χ1) is 11.1. The van der Waals surface area contributed by atoms with Crippen LogP contribution in [0.15, 0.2) is 42.6 Å². The molecule has 0 unspecified atom stereocenters. The highest BCUT2D eigenvalue weighted by molar-refractivity contribution is 5.94. The van der Waals surface area contributed by atoms with E-state index in [1.807, 2.05) is 37.3 Å². The molecule has 1 saturated carbocycles. The predicted molar refractivity (Wildman–Crippen MR) is 85.1 cm³/mol. The van der Waals surface area contributed by atoms with Crippen LogP contribution in [0.1, 0.15) is 39.5 Å². The number of hydrogen-bond acceptors (Lipinski definition) is 3. The van der Waals surface area contributed by atoms with Gasteiger partial charge in [0.1, 0.15) is 0 Å². The molecule has 118 valence electrons. The Bertz CT molecular complexity index is 743. The van der Waals surface area contributed by atoms with Crippen LogP contribution in [0, 0.1) is 12.8 Å². The third kappa shape index (κ3) is 3.39. The minimum absolute atomic E-state index is 0.0816. The van der Waals surface area contributed by atoms with Gasteiger partial charge in [-0.1, -0.05) is 12.1 Å². The highest BCUT2D eigenvalue weighted by atomic mass is 16.4. The van der Waals surface area contributed by atoms with Crippen LogP contribution < -0.4 is 5.32 Å². The highest BCUT2D eigenvalue weighted by Crippen LogP contribution is 2.48. The Kier molecular flexibility index (Phi) is 4.10. The Balaban J connectivity index is 1.65. The average Bonchev–Trinajstić information content (AvgIpc) is 3.34. The Labute approximate surface area is 134 Å². The van der Waals surface area contributed by atoms with Crippen molar-refractivity contribution in [2.24, 2.45) is 5.92 Å². The van der Waals surface area contributed by atoms with Gasteiger partial charge in [0.2, 0.25) is 0 Å². The summed E-state index contributed by atoms with van der Waals surface area (Å²) in [5.41, 5.74) is 3.37. The smallest absolute Gasteiger partial charge is 0.307 e. The van der Waals surface area contributed by atoms with Gasteiger partial charge in [0.05, 0.1) is 18.2 Å². The van der Waals surface area contributed by atoms with Crippen LogP contribution in [0.2, 0.25) is 0 Å². The molecule has 1 aliphatic rings. The van der Waals surface area contributed by atoms with Crippen molar-refractivity contribution in [3.05, 3.63) is 65.0 Å². The number of carbonyl (C=O) groups is 2. The number of rotatable bonds is 5. The number of carboxylic acids is 1. The van der Waals surface area contributed by atoms with Crippen molar-refractivity contribution in [2.45, 2.75) is 25.8 Å². The molecule has 1 aromatic heterocycles. The zero-order chi connectivity index (χ0) is 16.4. The molecule has 2 atom stereocenters. The van der Waals surface area contributed by atoms with Crippen molar-refractivity contribution < 1.29 is 14.7 Å². The summed E-state index contributed by atoms with van der Waals surface area (Å²) in [6, 6.07) is 11.0. The molecule has 5 nitrogen and oxygen atoms in total. The molecule has 0 bridgehead atoms. The van der Waals surface area contributed by atoms with Crippen molar-refractivity contribution in [3.63, 3.8) is 0 Å². The third-order valence-electron chi connectivity index (χ3n) is 4.20. The Morgan fingerprint density at radius 3 is 2.74 bits per heavy atom. The predicted octanol–water partition coefficient (Wildman–Crippen LogP) is 2.51. The lowest BCUT2D eigenvalue weighted by Crippen LogP contribution is -2.23. The van der Waals surface area contributed by atoms with Crippen LogP contribution >= 0.6 is 0 Å². The summed E-state index contributed by atoms with van der Waals surface area (Å²) in [6.07, 6.45) is 2.37. The summed E-state index contributed by atoms with van der Waals surface area (Å²) < 4.78 is 0. The number of aliphatic carboxylic acids is 1. The van der Waals surface area contributed by atoms with E-state index in [0.29, 0.717) is 18.5 Å². The van der Waals surface area contributed by atoms with E-state index < -0.39 is 5.97 Å². The molecule has 3 rings (SSSR count). The number of pyridine rings is 1. The maximum atomic E-state index is 12.2. The number of aromatic nitrogens is 1. The largest absolute Gasteiger partial charge is 0.481 e. The van der Waals surface area contributed by atoms with E-state index in [1.54, 1.807) is 12.3 Å². The zero-order valence-corrected chi connectivity index (χ0v) is 12.8. The molecular weight excluding hydrogens is 292 g/mol. The summed E-state index contributed by atoms with van der Waals surface area (Å²) >= 11 is 0. The Morgan fingerprint density at radius 1 is 1.30 bits per heavy atom. The maximum absolute atomic E-state index is 12.2. The Morgan fingerprint density at radius 2 is 2.13 bits per heavy atom. The van der Waals surface area contributed by atoms with Crippen molar-refractivity contribution in [1.82, 2.24) is 10.3 Å². The first kappa shape index (κ1) is 15.2. The lowest BCUT2D eigenvalue weighted by atomic mass is 10.00. The van der Waals surface area contributed by atoms with Gasteiger partial charge in [0.15, 0.2) is 0 Å². The van der Waals surface area contributed by atoms with Crippen molar-refractivity contribution in [3.8, 4) is 0 Å². The van der Waals surface area contributed by atoms with Gasteiger partial charge in [0, 0.05) is 11.8 Å². The molecule has 0 saturated heterocycles. The van der Waals surface area contributed by atoms with Crippen molar-refractivity contribution in [2.75, 3.05) is 0 Å². The summed E-state index contributed by atoms with van der Waals surface area (Å²) in [4.78, 5) is 27.4. The number of aryl methyl sites for hydroxylation is 1. The van der Waals surface area contributed by atoms with Gasteiger partial charge >= 0.3 is 5.97 Å². The third-order valence-corrected chi connectivity index (χ3v) is 4.20. The fraction of sp³-hybridized carbons (Fsp3) is 0.278. The fourth-order valence-corrected chi connectivity index (χ4v) is 2.82. The van der Waals surface area contributed by atoms with Crippen LogP contribution in [-0.4, -0.2) is 22.0 Å². The summed E-state index contributed by atoms with van der Waals surface area (Å²) in [5, 5.41) is 11.9. The van der Waals surface area contributed by atoms with E-state index >= 15 is 0 Å². The molecule has 1 aromatic carbocycles. The molecule has 5 heteroatoms. The number of nitrogens with zero attached hydrogens (tertiary/aromatic N) is 1. The van der Waals surface area contributed by atoms with Crippen LogP contribution in [0.4, 0.5) is 0 Å². The first-order valence-electron chi connectivity index (χ1n) is 7.57. The number of hydrogen-bond donors (Lipinski definition) is 2. The van der Waals surface area contributed by atoms with Gasteiger partial charge in [-0.05, 0) is 54.7 Å². The lowest BCUT2D eigenvalue weighted by molar-refractivity contribution is -0.138. The second-order valence-electron chi connectivity index (χ2n) is 5.86. The molecule has 23 heavy (non-hydrogen) atoms. The normalized spacial score (nSPS) is 19.2. The molecular formula is C18H18N2O3. The van der Waals surface area contributed by atoms with Gasteiger partial charge < -0.3 is 10.4 Å². The lowest BCUT2D eigenvalue weighted by Gasteiger charge is -2.09. The molecule has 1 heterocycles. The van der Waals surface area contributed by atoms with E-state index in [1.165, 1.54) is 0 Å². The molecule has 0 aliphatic heterocycles. The highest BCUT2D eigenvalue weighted by Gasteiger charge is 2.44. The van der Waals surface area contributed by atoms with Gasteiger partial charge in [-0.15, -0.1) is 0 Å². The van der Waals surface area contributed by atoms with Crippen molar-refractivity contribution in [1.29, 1.82) is 0 Å². The summed E-state index contributed by atoms with van der Waals surface area (Å²) in [6.45, 7) is 2.30. The van der Waals surface area contributed by atoms with E-state index in [4.69, 9.17) is 5.11 Å². The number of carboxylic acid groups (broad SMARTS) is 1. The van der Waals surface area contributed by atoms with E-state index in [9.17, 15) is 9.59 Å². The Hall–Kier alpha value is -2.69. The SMILES string of the molecule is Cc1cc(C(=O)NCc2ccccn2)ccc1[C@@H]1C[C@H]1C(=O)O. The minimum atomic E-state index is -0.744. The molecule has 1 aliphatic carbocycles. The molecule has 1 amide bonds. The average molecular weight is 310 g/mol. The minimum Gasteiger partial charge on any atom is -0.481 e. The second-order valence-corrected chi connectivity index (χ2v) is 5.86. The van der Waals surface area contributed by atoms with E-state index in [0.717, 1.165) is 16.8 Å². The first-order valence-corrected chi connectivity index (χ1v) is 7.57. The monoisotopic (exact) mass is 310 g/mol. The van der Waals surface area contributed by atoms with E-state index in [2.05, 4.69) is 10.3 Å². The fourth-order valence-electron chi connectivity index (χ4n) is 2.82. The molecule has 1 fully saturated rings.